The summed E-state index contributed by atoms with van der Waals surface area (Å²) in [5.74, 6) is -1.04. The molecular weight excluding hydrogens is 736 g/mol. The van der Waals surface area contributed by atoms with Gasteiger partial charge in [0.15, 0.2) is 12.4 Å². The molecule has 5 amide bonds. The van der Waals surface area contributed by atoms with E-state index in [1.165, 1.54) is 18.2 Å². The fourth-order valence-corrected chi connectivity index (χ4v) is 8.19. The van der Waals surface area contributed by atoms with Crippen molar-refractivity contribution in [3.8, 4) is 10.8 Å². The highest BCUT2D eigenvalue weighted by atomic mass is 35.5. The number of halogens is 1. The molecule has 0 aliphatic carbocycles. The first-order valence-corrected chi connectivity index (χ1v) is 18.6. The Morgan fingerprint density at radius 2 is 1.74 bits per heavy atom. The number of rotatable bonds is 11. The number of nitrogens with one attached hydrogen (secondary N) is 3. The second-order valence-corrected chi connectivity index (χ2v) is 14.9. The lowest BCUT2D eigenvalue weighted by Crippen LogP contribution is -2.57. The van der Waals surface area contributed by atoms with Crippen LogP contribution in [0.1, 0.15) is 85.7 Å². The number of nitrogens with zero attached hydrogens (tertiary/aromatic N) is 5. The van der Waals surface area contributed by atoms with Gasteiger partial charge < -0.3 is 25.8 Å². The molecule has 4 aromatic rings. The molecule has 4 N–H and O–H groups in total. The van der Waals surface area contributed by atoms with Gasteiger partial charge in [-0.05, 0) is 63.4 Å². The Morgan fingerprint density at radius 3 is 2.48 bits per heavy atom. The number of benzene rings is 2. The number of fused-ring (bicyclic) bond motifs is 4. The van der Waals surface area contributed by atoms with Gasteiger partial charge in [0.05, 0.1) is 29.3 Å². The smallest absolute Gasteiger partial charge is 0.265 e. The molecule has 1 saturated heterocycles. The number of aliphatic hydroxyl groups excluding tert-OH is 1. The van der Waals surface area contributed by atoms with E-state index in [0.29, 0.717) is 23.1 Å². The third-order valence-corrected chi connectivity index (χ3v) is 11.1. The van der Waals surface area contributed by atoms with Crippen LogP contribution in [-0.4, -0.2) is 92.0 Å². The zero-order valence-corrected chi connectivity index (χ0v) is 31.2. The van der Waals surface area contributed by atoms with E-state index in [2.05, 4.69) is 40.0 Å². The number of aromatic nitrogens is 3. The van der Waals surface area contributed by atoms with Crippen molar-refractivity contribution in [1.29, 1.82) is 0 Å². The molecule has 2 aromatic heterocycles. The average molecular weight is 773 g/mol. The monoisotopic (exact) mass is 772 g/mol. The Morgan fingerprint density at radius 1 is 1.00 bits per heavy atom. The number of aliphatic imine (C=N–C) groups is 1. The zero-order chi connectivity index (χ0) is 38.3. The first-order valence-electron chi connectivity index (χ1n) is 17.4. The van der Waals surface area contributed by atoms with Gasteiger partial charge in [0.2, 0.25) is 11.8 Å². The van der Waals surface area contributed by atoms with E-state index >= 15 is 0 Å². The second-order valence-electron chi connectivity index (χ2n) is 13.2. The second kappa shape index (κ2) is 15.1. The fourth-order valence-electron chi connectivity index (χ4n) is 6.85. The van der Waals surface area contributed by atoms with Crippen LogP contribution in [0, 0.1) is 20.8 Å². The largest absolute Gasteiger partial charge is 0.483 e. The maximum absolute atomic E-state index is 13.3. The lowest BCUT2D eigenvalue weighted by Gasteiger charge is -2.33. The van der Waals surface area contributed by atoms with E-state index in [4.69, 9.17) is 21.3 Å². The van der Waals surface area contributed by atoms with Crippen LogP contribution >= 0.6 is 22.9 Å². The molecule has 0 spiro atoms. The van der Waals surface area contributed by atoms with Crippen LogP contribution in [0.4, 0.5) is 0 Å². The Labute approximate surface area is 318 Å². The highest BCUT2D eigenvalue weighted by Crippen LogP contribution is 2.40. The van der Waals surface area contributed by atoms with Crippen LogP contribution in [0.2, 0.25) is 5.02 Å². The molecule has 2 aromatic carbocycles. The van der Waals surface area contributed by atoms with Crippen molar-refractivity contribution in [3.05, 3.63) is 91.8 Å². The minimum Gasteiger partial charge on any atom is -0.483 e. The summed E-state index contributed by atoms with van der Waals surface area (Å²) in [4.78, 5) is 71.2. The molecule has 1 fully saturated rings. The molecule has 0 radical (unpaired) electrons. The third kappa shape index (κ3) is 6.99. The summed E-state index contributed by atoms with van der Waals surface area (Å²) in [5, 5.41) is 28.7. The first kappa shape index (κ1) is 36.9. The van der Waals surface area contributed by atoms with Crippen molar-refractivity contribution in [1.82, 2.24) is 35.6 Å². The summed E-state index contributed by atoms with van der Waals surface area (Å²) in [6, 6.07) is 10.4. The standard InChI is InChI=1S/C37H37ClN8O7S/c1-18-19(2)54-37-30(18)32(21-8-10-22(38)11-9-21)41-24(33-44-43-20(3)45(33)37)16-28(48)39-14-5-15-40-29(49)17-53-26-7-4-6-23-31(26)36(52)46(35(23)51)25-12-13-27(47)42-34(25)50/h4,6-11,24-25,34,50H,5,12-17H2,1-3H3,(H,39,48)(H,40,49)(H,42,47)/t24-,25?,34?/m0/s1. The molecule has 280 valence electrons. The van der Waals surface area contributed by atoms with Gasteiger partial charge in [0.25, 0.3) is 17.7 Å². The van der Waals surface area contributed by atoms with Crippen molar-refractivity contribution in [2.75, 3.05) is 19.7 Å². The Bertz CT molecular complexity index is 2220. The topological polar surface area (TPSA) is 197 Å². The lowest BCUT2D eigenvalue weighted by atomic mass is 9.99. The first-order chi connectivity index (χ1) is 25.9. The summed E-state index contributed by atoms with van der Waals surface area (Å²) in [5.41, 5.74) is 3.78. The van der Waals surface area contributed by atoms with Crippen molar-refractivity contribution >= 4 is 58.2 Å². The number of piperidine rings is 1. The van der Waals surface area contributed by atoms with Crippen LogP contribution in [0.3, 0.4) is 0 Å². The van der Waals surface area contributed by atoms with Gasteiger partial charge in [-0.3, -0.25) is 38.4 Å². The number of amides is 5. The van der Waals surface area contributed by atoms with Crippen molar-refractivity contribution in [2.24, 2.45) is 4.99 Å². The number of ether oxygens (including phenoxy) is 1. The quantitative estimate of drug-likeness (QED) is 0.131. The molecule has 3 aliphatic rings. The molecule has 17 heteroatoms. The van der Waals surface area contributed by atoms with Crippen LogP contribution in [-0.2, 0) is 14.4 Å². The Hall–Kier alpha value is -5.45. The van der Waals surface area contributed by atoms with E-state index in [9.17, 15) is 29.1 Å². The van der Waals surface area contributed by atoms with E-state index in [1.807, 2.05) is 35.8 Å². The summed E-state index contributed by atoms with van der Waals surface area (Å²) in [7, 11) is 0. The van der Waals surface area contributed by atoms with Crippen molar-refractivity contribution < 1.29 is 33.8 Å². The van der Waals surface area contributed by atoms with Gasteiger partial charge in [-0.15, -0.1) is 21.5 Å². The number of hydrogen-bond acceptors (Lipinski definition) is 11. The SMILES string of the molecule is Cc1sc2c(c1C)C(c1ccc(Cl)cc1)=N[C@@H](CC(=O)NCCCNC(=O)COc1cccc3c1C(=O)N(C1CCC(=O)NC1O)C3=O)c1nnc(C)n1-2. The molecule has 3 atom stereocenters. The molecule has 5 heterocycles. The lowest BCUT2D eigenvalue weighted by molar-refractivity contribution is -0.129. The van der Waals surface area contributed by atoms with Crippen LogP contribution < -0.4 is 20.7 Å². The third-order valence-electron chi connectivity index (χ3n) is 9.67. The highest BCUT2D eigenvalue weighted by molar-refractivity contribution is 7.15. The number of aryl methyl sites for hydroxylation is 2. The van der Waals surface area contributed by atoms with Crippen LogP contribution in [0.25, 0.3) is 5.00 Å². The molecule has 3 aliphatic heterocycles. The van der Waals surface area contributed by atoms with Gasteiger partial charge in [-0.2, -0.15) is 0 Å². The van der Waals surface area contributed by atoms with E-state index in [-0.39, 0.29) is 61.0 Å². The number of imide groups is 1. The van der Waals surface area contributed by atoms with E-state index in [1.54, 1.807) is 11.3 Å². The van der Waals surface area contributed by atoms with E-state index in [0.717, 1.165) is 37.2 Å². The number of thiophene rings is 1. The zero-order valence-electron chi connectivity index (χ0n) is 29.6. The predicted octanol–water partition coefficient (Wildman–Crippen LogP) is 3.08. The van der Waals surface area contributed by atoms with E-state index < -0.39 is 42.6 Å². The summed E-state index contributed by atoms with van der Waals surface area (Å²) in [6.45, 7) is 6.10. The number of carbonyl (C=O) groups excluding carboxylic acids is 5. The predicted molar refractivity (Wildman–Crippen MR) is 198 cm³/mol. The Balaban J connectivity index is 0.934. The van der Waals surface area contributed by atoms with Crippen LogP contribution in [0.15, 0.2) is 47.5 Å². The van der Waals surface area contributed by atoms with Gasteiger partial charge in [-0.1, -0.05) is 29.8 Å². The molecule has 2 unspecified atom stereocenters. The molecular formula is C37H37ClN8O7S. The summed E-state index contributed by atoms with van der Waals surface area (Å²) >= 11 is 7.83. The molecule has 15 nitrogen and oxygen atoms in total. The molecule has 0 bridgehead atoms. The Kier molecular flexibility index (Phi) is 10.3. The number of hydrogen-bond donors (Lipinski definition) is 4. The highest BCUT2D eigenvalue weighted by Gasteiger charge is 2.46. The molecule has 54 heavy (non-hydrogen) atoms. The average Bonchev–Trinajstić information content (AvgIpc) is 3.72. The summed E-state index contributed by atoms with van der Waals surface area (Å²) < 4.78 is 7.65. The van der Waals surface area contributed by atoms with Crippen molar-refractivity contribution in [3.63, 3.8) is 0 Å². The minimum atomic E-state index is -1.39. The number of aliphatic hydroxyl groups is 1. The molecule has 7 rings (SSSR count). The van der Waals surface area contributed by atoms with Crippen LogP contribution in [0.5, 0.6) is 5.75 Å². The maximum Gasteiger partial charge on any atom is 0.265 e. The maximum atomic E-state index is 13.3. The fraction of sp³-hybridized carbons (Fsp3) is 0.351. The van der Waals surface area contributed by atoms with Gasteiger partial charge in [0, 0.05) is 40.5 Å². The normalized spacial score (nSPS) is 19.0. The minimum absolute atomic E-state index is 0.00493. The van der Waals surface area contributed by atoms with Crippen molar-refractivity contribution in [2.45, 2.75) is 64.8 Å². The van der Waals surface area contributed by atoms with Gasteiger partial charge in [0.1, 0.15) is 28.8 Å². The number of carbonyl (C=O) groups is 5. The van der Waals surface area contributed by atoms with Gasteiger partial charge >= 0.3 is 0 Å². The van der Waals surface area contributed by atoms with Gasteiger partial charge in [-0.25, -0.2) is 0 Å². The summed E-state index contributed by atoms with van der Waals surface area (Å²) in [6.07, 6.45) is -0.758. The molecule has 0 saturated carbocycles.